The zero-order valence-electron chi connectivity index (χ0n) is 11.7. The number of benzene rings is 2. The molecule has 0 aromatic heterocycles. The number of non-ortho nitro benzene ring substituents is 1. The maximum atomic E-state index is 11.5. The molecule has 2 aromatic rings. The van der Waals surface area contributed by atoms with Crippen molar-refractivity contribution in [3.63, 3.8) is 0 Å². The summed E-state index contributed by atoms with van der Waals surface area (Å²) in [5.74, 6) is 0. The van der Waals surface area contributed by atoms with Gasteiger partial charge in [-0.15, -0.1) is 0 Å². The standard InChI is InChI=1S/C15H11N3O5/c19-17(20)12-8-6-11(7-9-12)15-14(18(21)22)13(16-23-15)10-4-2-1-3-5-10/h1-9,14-15H/t14-,15-/m1/s1. The Bertz CT molecular complexity index is 773. The molecular formula is C15H11N3O5. The van der Waals surface area contributed by atoms with Gasteiger partial charge in [0.1, 0.15) is 0 Å². The van der Waals surface area contributed by atoms with Crippen molar-refractivity contribution in [3.8, 4) is 0 Å². The van der Waals surface area contributed by atoms with Crippen LogP contribution in [-0.4, -0.2) is 21.6 Å². The third-order valence-corrected chi connectivity index (χ3v) is 3.56. The molecule has 3 rings (SSSR count). The lowest BCUT2D eigenvalue weighted by molar-refractivity contribution is -0.512. The molecule has 0 aliphatic carbocycles. The van der Waals surface area contributed by atoms with Gasteiger partial charge < -0.3 is 4.84 Å². The highest BCUT2D eigenvalue weighted by Crippen LogP contribution is 2.32. The van der Waals surface area contributed by atoms with Crippen molar-refractivity contribution in [3.05, 3.63) is 86.0 Å². The third kappa shape index (κ3) is 2.73. The van der Waals surface area contributed by atoms with Crippen LogP contribution < -0.4 is 0 Å². The third-order valence-electron chi connectivity index (χ3n) is 3.56. The summed E-state index contributed by atoms with van der Waals surface area (Å²) < 4.78 is 0. The molecule has 0 saturated carbocycles. The molecule has 1 heterocycles. The summed E-state index contributed by atoms with van der Waals surface area (Å²) in [7, 11) is 0. The highest BCUT2D eigenvalue weighted by atomic mass is 16.7. The van der Waals surface area contributed by atoms with E-state index < -0.39 is 22.0 Å². The van der Waals surface area contributed by atoms with Crippen LogP contribution in [0.5, 0.6) is 0 Å². The van der Waals surface area contributed by atoms with Crippen LogP contribution in [0.1, 0.15) is 17.2 Å². The predicted octanol–water partition coefficient (Wildman–Crippen LogP) is 2.72. The molecule has 1 aliphatic rings. The van der Waals surface area contributed by atoms with Crippen LogP contribution >= 0.6 is 0 Å². The Labute approximate surface area is 130 Å². The summed E-state index contributed by atoms with van der Waals surface area (Å²) in [4.78, 5) is 26.4. The van der Waals surface area contributed by atoms with Crippen LogP contribution in [0.4, 0.5) is 5.69 Å². The van der Waals surface area contributed by atoms with E-state index in [0.29, 0.717) is 11.1 Å². The first-order chi connectivity index (χ1) is 11.1. The number of hydrogen-bond acceptors (Lipinski definition) is 6. The van der Waals surface area contributed by atoms with Crippen molar-refractivity contribution in [2.75, 3.05) is 0 Å². The highest BCUT2D eigenvalue weighted by molar-refractivity contribution is 6.04. The van der Waals surface area contributed by atoms with Gasteiger partial charge in [0.15, 0.2) is 5.71 Å². The average molecular weight is 313 g/mol. The molecule has 8 heteroatoms. The van der Waals surface area contributed by atoms with Crippen molar-refractivity contribution in [1.29, 1.82) is 0 Å². The van der Waals surface area contributed by atoms with E-state index in [9.17, 15) is 20.2 Å². The molecule has 23 heavy (non-hydrogen) atoms. The van der Waals surface area contributed by atoms with Crippen LogP contribution in [-0.2, 0) is 4.84 Å². The fraction of sp³-hybridized carbons (Fsp3) is 0.133. The Morgan fingerprint density at radius 1 is 0.957 bits per heavy atom. The quantitative estimate of drug-likeness (QED) is 0.637. The van der Waals surface area contributed by atoms with Gasteiger partial charge in [-0.25, -0.2) is 0 Å². The Hall–Kier alpha value is -3.29. The van der Waals surface area contributed by atoms with Gasteiger partial charge in [-0.05, 0) is 12.1 Å². The van der Waals surface area contributed by atoms with Crippen LogP contribution in [0, 0.1) is 20.2 Å². The zero-order chi connectivity index (χ0) is 16.4. The van der Waals surface area contributed by atoms with Crippen molar-refractivity contribution in [2.45, 2.75) is 12.1 Å². The lowest BCUT2D eigenvalue weighted by atomic mass is 9.95. The minimum absolute atomic E-state index is 0.0893. The normalized spacial score (nSPS) is 19.7. The first-order valence-corrected chi connectivity index (χ1v) is 6.75. The molecule has 0 saturated heterocycles. The van der Waals surface area contributed by atoms with Crippen LogP contribution in [0.25, 0.3) is 0 Å². The molecule has 0 amide bonds. The molecule has 0 radical (unpaired) electrons. The van der Waals surface area contributed by atoms with Gasteiger partial charge in [0, 0.05) is 28.2 Å². The summed E-state index contributed by atoms with van der Waals surface area (Å²) >= 11 is 0. The largest absolute Gasteiger partial charge is 0.379 e. The summed E-state index contributed by atoms with van der Waals surface area (Å²) in [5, 5.41) is 26.0. The molecule has 2 atom stereocenters. The number of nitrogens with zero attached hydrogens (tertiary/aromatic N) is 3. The van der Waals surface area contributed by atoms with Gasteiger partial charge >= 0.3 is 6.04 Å². The van der Waals surface area contributed by atoms with Gasteiger partial charge in [-0.2, -0.15) is 0 Å². The molecular weight excluding hydrogens is 302 g/mol. The number of rotatable bonds is 4. The van der Waals surface area contributed by atoms with Gasteiger partial charge in [0.05, 0.1) is 4.92 Å². The minimum atomic E-state index is -1.17. The zero-order valence-corrected chi connectivity index (χ0v) is 11.7. The van der Waals surface area contributed by atoms with Gasteiger partial charge in [-0.1, -0.05) is 35.5 Å². The number of nitro groups is 2. The second-order valence-electron chi connectivity index (χ2n) is 4.95. The maximum absolute atomic E-state index is 11.5. The van der Waals surface area contributed by atoms with E-state index in [1.165, 1.54) is 24.3 Å². The fourth-order valence-corrected chi connectivity index (χ4v) is 2.44. The topological polar surface area (TPSA) is 108 Å². The lowest BCUT2D eigenvalue weighted by Crippen LogP contribution is -2.32. The minimum Gasteiger partial charge on any atom is -0.379 e. The Balaban J connectivity index is 1.92. The van der Waals surface area contributed by atoms with Crippen molar-refractivity contribution < 1.29 is 14.7 Å². The predicted molar refractivity (Wildman–Crippen MR) is 80.7 cm³/mol. The van der Waals surface area contributed by atoms with Crippen molar-refractivity contribution in [1.82, 2.24) is 0 Å². The van der Waals surface area contributed by atoms with E-state index in [1.54, 1.807) is 30.3 Å². The smallest absolute Gasteiger partial charge is 0.301 e. The number of nitro benzene ring substituents is 1. The fourth-order valence-electron chi connectivity index (χ4n) is 2.44. The van der Waals surface area contributed by atoms with Crippen LogP contribution in [0.3, 0.4) is 0 Å². The van der Waals surface area contributed by atoms with Crippen LogP contribution in [0.15, 0.2) is 59.8 Å². The molecule has 1 aliphatic heterocycles. The first-order valence-electron chi connectivity index (χ1n) is 6.75. The molecule has 0 unspecified atom stereocenters. The number of oxime groups is 1. The van der Waals surface area contributed by atoms with Gasteiger partial charge in [-0.3, -0.25) is 20.2 Å². The summed E-state index contributed by atoms with van der Waals surface area (Å²) in [6, 6.07) is 13.1. The lowest BCUT2D eigenvalue weighted by Gasteiger charge is -2.12. The molecule has 116 valence electrons. The summed E-state index contributed by atoms with van der Waals surface area (Å²) in [6.07, 6.45) is -0.916. The molecule has 0 bridgehead atoms. The highest BCUT2D eigenvalue weighted by Gasteiger charge is 2.45. The Morgan fingerprint density at radius 2 is 1.61 bits per heavy atom. The van der Waals surface area contributed by atoms with E-state index >= 15 is 0 Å². The second-order valence-corrected chi connectivity index (χ2v) is 4.95. The van der Waals surface area contributed by atoms with E-state index in [2.05, 4.69) is 5.16 Å². The van der Waals surface area contributed by atoms with E-state index in [-0.39, 0.29) is 11.4 Å². The van der Waals surface area contributed by atoms with Gasteiger partial charge in [0.2, 0.25) is 6.10 Å². The molecule has 0 spiro atoms. The average Bonchev–Trinajstić information content (AvgIpc) is 3.01. The summed E-state index contributed by atoms with van der Waals surface area (Å²) in [5.41, 5.74) is 1.22. The molecule has 2 aromatic carbocycles. The SMILES string of the molecule is O=[N+]([O-])c1ccc([C@H]2ON=C(c3ccccc3)[C@H]2[N+](=O)[O-])cc1. The van der Waals surface area contributed by atoms with Crippen LogP contribution in [0.2, 0.25) is 0 Å². The molecule has 0 N–H and O–H groups in total. The van der Waals surface area contributed by atoms with E-state index in [4.69, 9.17) is 4.84 Å². The molecule has 0 fully saturated rings. The Kier molecular flexibility index (Phi) is 3.71. The van der Waals surface area contributed by atoms with Crippen molar-refractivity contribution in [2.24, 2.45) is 5.16 Å². The van der Waals surface area contributed by atoms with Gasteiger partial charge in [0.25, 0.3) is 5.69 Å². The first kappa shape index (κ1) is 14.6. The second kappa shape index (κ2) is 5.84. The number of hydrogen-bond donors (Lipinski definition) is 0. The summed E-state index contributed by atoms with van der Waals surface area (Å²) in [6.45, 7) is 0. The van der Waals surface area contributed by atoms with Crippen molar-refractivity contribution >= 4 is 11.4 Å². The van der Waals surface area contributed by atoms with E-state index in [1.807, 2.05) is 0 Å². The monoisotopic (exact) mass is 313 g/mol. The van der Waals surface area contributed by atoms with E-state index in [0.717, 1.165) is 0 Å². The Morgan fingerprint density at radius 3 is 2.17 bits per heavy atom. The molecule has 8 nitrogen and oxygen atoms in total. The maximum Gasteiger partial charge on any atom is 0.301 e.